The molecule has 0 spiro atoms. The van der Waals surface area contributed by atoms with Crippen molar-refractivity contribution in [3.8, 4) is 10.7 Å². The molecule has 3 nitrogen and oxygen atoms in total. The first-order chi connectivity index (χ1) is 8.92. The van der Waals surface area contributed by atoms with Crippen LogP contribution in [0.15, 0.2) is 38.9 Å². The van der Waals surface area contributed by atoms with Crippen LogP contribution in [0.2, 0.25) is 0 Å². The monoisotopic (exact) mass is 274 g/mol. The second-order valence-electron chi connectivity index (χ2n) is 4.44. The maximum Gasteiger partial charge on any atom is 0.230 e. The summed E-state index contributed by atoms with van der Waals surface area (Å²) in [5.41, 5.74) is 1.40. The highest BCUT2D eigenvalue weighted by atomic mass is 32.1. The van der Waals surface area contributed by atoms with E-state index in [1.807, 2.05) is 17.5 Å². The summed E-state index contributed by atoms with van der Waals surface area (Å²) in [6.07, 6.45) is 1.13. The van der Waals surface area contributed by atoms with Crippen molar-refractivity contribution in [2.45, 2.75) is 18.3 Å². The molecule has 18 heavy (non-hydrogen) atoms. The van der Waals surface area contributed by atoms with Gasteiger partial charge in [-0.25, -0.2) is 0 Å². The molecule has 3 aromatic heterocycles. The second-order valence-corrected chi connectivity index (χ2v) is 6.17. The summed E-state index contributed by atoms with van der Waals surface area (Å²) in [6.45, 7) is 0. The van der Waals surface area contributed by atoms with Crippen molar-refractivity contribution >= 4 is 22.7 Å². The highest BCUT2D eigenvalue weighted by Crippen LogP contribution is 2.54. The Morgan fingerprint density at radius 3 is 3.00 bits per heavy atom. The summed E-state index contributed by atoms with van der Waals surface area (Å²) in [5.74, 6) is 2.50. The SMILES string of the molecule is c1csc(-c2noc([C@H]3C[C@@H]3c3ccsc3)n2)c1. The predicted molar refractivity (Wildman–Crippen MR) is 72.0 cm³/mol. The number of rotatable bonds is 3. The molecule has 1 aliphatic carbocycles. The van der Waals surface area contributed by atoms with Gasteiger partial charge < -0.3 is 4.52 Å². The first kappa shape index (κ1) is 10.5. The van der Waals surface area contributed by atoms with Crippen molar-refractivity contribution in [1.29, 1.82) is 0 Å². The van der Waals surface area contributed by atoms with E-state index >= 15 is 0 Å². The zero-order valence-corrected chi connectivity index (χ0v) is 11.1. The Labute approximate surface area is 112 Å². The maximum absolute atomic E-state index is 5.39. The van der Waals surface area contributed by atoms with Crippen LogP contribution in [0.4, 0.5) is 0 Å². The maximum atomic E-state index is 5.39. The fourth-order valence-electron chi connectivity index (χ4n) is 2.21. The third-order valence-corrected chi connectivity index (χ3v) is 4.83. The summed E-state index contributed by atoms with van der Waals surface area (Å²) in [5, 5.41) is 10.4. The lowest BCUT2D eigenvalue weighted by molar-refractivity contribution is 0.378. The zero-order valence-electron chi connectivity index (χ0n) is 9.45. The van der Waals surface area contributed by atoms with Crippen molar-refractivity contribution in [2.24, 2.45) is 0 Å². The molecule has 4 rings (SSSR count). The van der Waals surface area contributed by atoms with E-state index in [1.54, 1.807) is 22.7 Å². The molecule has 0 saturated heterocycles. The number of thiophene rings is 2. The van der Waals surface area contributed by atoms with Gasteiger partial charge in [0.1, 0.15) is 0 Å². The summed E-state index contributed by atoms with van der Waals surface area (Å²) in [6, 6.07) is 6.20. The molecular weight excluding hydrogens is 264 g/mol. The molecule has 3 heterocycles. The average Bonchev–Trinajstić information content (AvgIpc) is 2.96. The third-order valence-electron chi connectivity index (χ3n) is 3.26. The fraction of sp³-hybridized carbons (Fsp3) is 0.231. The largest absolute Gasteiger partial charge is 0.339 e. The van der Waals surface area contributed by atoms with E-state index in [9.17, 15) is 0 Å². The molecule has 90 valence electrons. The van der Waals surface area contributed by atoms with Crippen LogP contribution in [0.5, 0.6) is 0 Å². The quantitative estimate of drug-likeness (QED) is 0.720. The number of hydrogen-bond donors (Lipinski definition) is 0. The molecule has 1 aliphatic rings. The van der Waals surface area contributed by atoms with Crippen molar-refractivity contribution in [2.75, 3.05) is 0 Å². The molecule has 1 saturated carbocycles. The average molecular weight is 274 g/mol. The Balaban J connectivity index is 1.57. The van der Waals surface area contributed by atoms with Crippen LogP contribution in [-0.4, -0.2) is 10.1 Å². The molecule has 0 radical (unpaired) electrons. The van der Waals surface area contributed by atoms with Gasteiger partial charge in [0.15, 0.2) is 0 Å². The first-order valence-corrected chi connectivity index (χ1v) is 7.63. The molecule has 0 amide bonds. The van der Waals surface area contributed by atoms with Crippen molar-refractivity contribution in [1.82, 2.24) is 10.1 Å². The van der Waals surface area contributed by atoms with Crippen molar-refractivity contribution < 1.29 is 4.52 Å². The second kappa shape index (κ2) is 4.03. The van der Waals surface area contributed by atoms with Gasteiger partial charge in [0.2, 0.25) is 11.7 Å². The number of hydrogen-bond acceptors (Lipinski definition) is 5. The van der Waals surface area contributed by atoms with Gasteiger partial charge in [-0.15, -0.1) is 11.3 Å². The van der Waals surface area contributed by atoms with Gasteiger partial charge in [0, 0.05) is 5.92 Å². The predicted octanol–water partition coefficient (Wildman–Crippen LogP) is 4.13. The highest BCUT2D eigenvalue weighted by molar-refractivity contribution is 7.13. The first-order valence-electron chi connectivity index (χ1n) is 5.81. The van der Waals surface area contributed by atoms with Crippen LogP contribution in [-0.2, 0) is 0 Å². The van der Waals surface area contributed by atoms with Gasteiger partial charge in [0.05, 0.1) is 4.88 Å². The molecule has 3 aromatic rings. The molecule has 0 unspecified atom stereocenters. The van der Waals surface area contributed by atoms with E-state index in [1.165, 1.54) is 5.56 Å². The Bertz CT molecular complexity index is 642. The summed E-state index contributed by atoms with van der Waals surface area (Å²) >= 11 is 3.38. The van der Waals surface area contributed by atoms with Crippen molar-refractivity contribution in [3.63, 3.8) is 0 Å². The zero-order chi connectivity index (χ0) is 11.9. The van der Waals surface area contributed by atoms with E-state index in [0.717, 1.165) is 23.0 Å². The molecule has 5 heteroatoms. The summed E-state index contributed by atoms with van der Waals surface area (Å²) in [7, 11) is 0. The Kier molecular flexibility index (Phi) is 2.34. The Morgan fingerprint density at radius 1 is 1.22 bits per heavy atom. The number of aromatic nitrogens is 2. The Morgan fingerprint density at radius 2 is 2.22 bits per heavy atom. The van der Waals surface area contributed by atoms with Gasteiger partial charge in [-0.05, 0) is 46.2 Å². The lowest BCUT2D eigenvalue weighted by atomic mass is 10.2. The standard InChI is InChI=1S/C13H10N2OS2/c1-2-11(18-4-1)12-14-13(16-15-12)10-6-9(10)8-3-5-17-7-8/h1-5,7,9-10H,6H2/t9-,10+/m1/s1. The molecule has 2 atom stereocenters. The highest BCUT2D eigenvalue weighted by Gasteiger charge is 2.43. The lowest BCUT2D eigenvalue weighted by Gasteiger charge is -1.90. The van der Waals surface area contributed by atoms with E-state index in [0.29, 0.717) is 11.8 Å². The minimum absolute atomic E-state index is 0.417. The van der Waals surface area contributed by atoms with Crippen LogP contribution in [0, 0.1) is 0 Å². The molecule has 0 bridgehead atoms. The minimum atomic E-state index is 0.417. The van der Waals surface area contributed by atoms with Gasteiger partial charge in [-0.2, -0.15) is 16.3 Å². The minimum Gasteiger partial charge on any atom is -0.339 e. The smallest absolute Gasteiger partial charge is 0.230 e. The van der Waals surface area contributed by atoms with Gasteiger partial charge in [-0.3, -0.25) is 0 Å². The third kappa shape index (κ3) is 1.71. The van der Waals surface area contributed by atoms with E-state index in [4.69, 9.17) is 4.52 Å². The van der Waals surface area contributed by atoms with Crippen LogP contribution >= 0.6 is 22.7 Å². The van der Waals surface area contributed by atoms with Crippen LogP contribution in [0.1, 0.15) is 29.7 Å². The summed E-state index contributed by atoms with van der Waals surface area (Å²) < 4.78 is 5.39. The molecular formula is C13H10N2OS2. The molecule has 0 aliphatic heterocycles. The lowest BCUT2D eigenvalue weighted by Crippen LogP contribution is -1.82. The summed E-state index contributed by atoms with van der Waals surface area (Å²) in [4.78, 5) is 5.58. The van der Waals surface area contributed by atoms with Crippen molar-refractivity contribution in [3.05, 3.63) is 45.8 Å². The van der Waals surface area contributed by atoms with E-state index in [2.05, 4.69) is 27.0 Å². The van der Waals surface area contributed by atoms with E-state index in [-0.39, 0.29) is 0 Å². The number of nitrogens with zero attached hydrogens (tertiary/aromatic N) is 2. The van der Waals surface area contributed by atoms with Crippen LogP contribution in [0.25, 0.3) is 10.7 Å². The topological polar surface area (TPSA) is 38.9 Å². The van der Waals surface area contributed by atoms with Gasteiger partial charge >= 0.3 is 0 Å². The fourth-order valence-corrected chi connectivity index (χ4v) is 3.59. The Hall–Kier alpha value is -1.46. The van der Waals surface area contributed by atoms with Gasteiger partial charge in [-0.1, -0.05) is 11.2 Å². The van der Waals surface area contributed by atoms with Crippen LogP contribution < -0.4 is 0 Å². The van der Waals surface area contributed by atoms with Gasteiger partial charge in [0.25, 0.3) is 0 Å². The normalized spacial score (nSPS) is 22.2. The molecule has 1 fully saturated rings. The molecule has 0 aromatic carbocycles. The molecule has 0 N–H and O–H groups in total. The van der Waals surface area contributed by atoms with Crippen LogP contribution in [0.3, 0.4) is 0 Å². The van der Waals surface area contributed by atoms with E-state index < -0.39 is 0 Å².